The SMILES string of the molecule is C=CCc1ccc(OCCOCC[NH2+]CCOC)c(OC)c1. The van der Waals surface area contributed by atoms with Gasteiger partial charge in [0.25, 0.3) is 0 Å². The van der Waals surface area contributed by atoms with Crippen LogP contribution in [0.15, 0.2) is 30.9 Å². The molecule has 0 atom stereocenters. The number of methoxy groups -OCH3 is 2. The predicted octanol–water partition coefficient (Wildman–Crippen LogP) is 1.03. The van der Waals surface area contributed by atoms with Gasteiger partial charge < -0.3 is 24.3 Å². The minimum absolute atomic E-state index is 0.509. The molecule has 0 saturated carbocycles. The van der Waals surface area contributed by atoms with Crippen molar-refractivity contribution in [2.45, 2.75) is 6.42 Å². The molecule has 1 rings (SSSR count). The van der Waals surface area contributed by atoms with E-state index in [1.165, 1.54) is 0 Å². The largest absolute Gasteiger partial charge is 0.493 e. The Kier molecular flexibility index (Phi) is 10.1. The van der Waals surface area contributed by atoms with Crippen LogP contribution in [-0.4, -0.2) is 53.7 Å². The number of hydrogen-bond donors (Lipinski definition) is 1. The van der Waals surface area contributed by atoms with Gasteiger partial charge in [-0.15, -0.1) is 6.58 Å². The minimum Gasteiger partial charge on any atom is -0.493 e. The summed E-state index contributed by atoms with van der Waals surface area (Å²) in [5.41, 5.74) is 1.15. The molecule has 124 valence electrons. The Bertz CT molecular complexity index is 423. The van der Waals surface area contributed by atoms with Gasteiger partial charge in [0.2, 0.25) is 0 Å². The van der Waals surface area contributed by atoms with Crippen LogP contribution in [0.5, 0.6) is 11.5 Å². The van der Waals surface area contributed by atoms with Crippen LogP contribution in [-0.2, 0) is 15.9 Å². The summed E-state index contributed by atoms with van der Waals surface area (Å²) in [5.74, 6) is 1.48. The van der Waals surface area contributed by atoms with Crippen LogP contribution in [0, 0.1) is 0 Å². The summed E-state index contributed by atoms with van der Waals surface area (Å²) in [6.45, 7) is 8.19. The van der Waals surface area contributed by atoms with E-state index >= 15 is 0 Å². The zero-order valence-corrected chi connectivity index (χ0v) is 13.7. The first kappa shape index (κ1) is 18.5. The van der Waals surface area contributed by atoms with Gasteiger partial charge in [-0.25, -0.2) is 0 Å². The average Bonchev–Trinajstić information content (AvgIpc) is 2.54. The number of ether oxygens (including phenoxy) is 4. The molecular weight excluding hydrogens is 282 g/mol. The van der Waals surface area contributed by atoms with E-state index in [2.05, 4.69) is 11.9 Å². The molecule has 0 aliphatic rings. The van der Waals surface area contributed by atoms with Gasteiger partial charge in [-0.3, -0.25) is 0 Å². The highest BCUT2D eigenvalue weighted by Crippen LogP contribution is 2.28. The topological polar surface area (TPSA) is 53.5 Å². The Balaban J connectivity index is 2.20. The van der Waals surface area contributed by atoms with Crippen LogP contribution < -0.4 is 14.8 Å². The van der Waals surface area contributed by atoms with Crippen LogP contribution in [0.3, 0.4) is 0 Å². The first-order chi connectivity index (χ1) is 10.8. The molecule has 2 N–H and O–H groups in total. The van der Waals surface area contributed by atoms with E-state index in [9.17, 15) is 0 Å². The molecule has 0 unspecified atom stereocenters. The molecule has 0 aliphatic carbocycles. The van der Waals surface area contributed by atoms with Crippen molar-refractivity contribution >= 4 is 0 Å². The van der Waals surface area contributed by atoms with Crippen LogP contribution in [0.1, 0.15) is 5.56 Å². The van der Waals surface area contributed by atoms with Crippen LogP contribution in [0.4, 0.5) is 0 Å². The third-order valence-electron chi connectivity index (χ3n) is 3.09. The van der Waals surface area contributed by atoms with Crippen molar-refractivity contribution < 1.29 is 24.3 Å². The molecule has 0 bridgehead atoms. The highest BCUT2D eigenvalue weighted by atomic mass is 16.5. The first-order valence-corrected chi connectivity index (χ1v) is 7.60. The van der Waals surface area contributed by atoms with Crippen molar-refractivity contribution in [3.8, 4) is 11.5 Å². The Morgan fingerprint density at radius 1 is 1.05 bits per heavy atom. The lowest BCUT2D eigenvalue weighted by Crippen LogP contribution is -2.86. The maximum absolute atomic E-state index is 5.70. The Labute approximate surface area is 133 Å². The second kappa shape index (κ2) is 12.0. The molecule has 0 amide bonds. The molecule has 0 aromatic heterocycles. The highest BCUT2D eigenvalue weighted by Gasteiger charge is 2.05. The van der Waals surface area contributed by atoms with Gasteiger partial charge in [-0.1, -0.05) is 12.1 Å². The summed E-state index contributed by atoms with van der Waals surface area (Å²) < 4.78 is 21.5. The molecule has 5 nitrogen and oxygen atoms in total. The second-order valence-corrected chi connectivity index (χ2v) is 4.80. The Morgan fingerprint density at radius 3 is 2.59 bits per heavy atom. The standard InChI is InChI=1S/C17H27NO4/c1-4-5-15-6-7-16(17(14-15)20-3)22-13-12-21-11-9-18-8-10-19-2/h4,6-7,14,18H,1,5,8-13H2,2-3H3/p+1. The third kappa shape index (κ3) is 7.45. The van der Waals surface area contributed by atoms with Gasteiger partial charge >= 0.3 is 0 Å². The normalized spacial score (nSPS) is 10.5. The van der Waals surface area contributed by atoms with Crippen molar-refractivity contribution in [1.29, 1.82) is 0 Å². The highest BCUT2D eigenvalue weighted by molar-refractivity contribution is 5.43. The molecule has 0 spiro atoms. The van der Waals surface area contributed by atoms with Crippen molar-refractivity contribution in [3.63, 3.8) is 0 Å². The van der Waals surface area contributed by atoms with Crippen LogP contribution in [0.2, 0.25) is 0 Å². The van der Waals surface area contributed by atoms with E-state index in [-0.39, 0.29) is 0 Å². The smallest absolute Gasteiger partial charge is 0.161 e. The van der Waals surface area contributed by atoms with Gasteiger partial charge in [0.05, 0.1) is 40.0 Å². The van der Waals surface area contributed by atoms with E-state index in [0.29, 0.717) is 19.8 Å². The van der Waals surface area contributed by atoms with Crippen molar-refractivity contribution in [2.24, 2.45) is 0 Å². The van der Waals surface area contributed by atoms with Crippen molar-refractivity contribution in [2.75, 3.05) is 53.7 Å². The van der Waals surface area contributed by atoms with E-state index in [1.807, 2.05) is 24.3 Å². The molecule has 1 aromatic carbocycles. The van der Waals surface area contributed by atoms with Crippen LogP contribution in [0.25, 0.3) is 0 Å². The van der Waals surface area contributed by atoms with E-state index < -0.39 is 0 Å². The predicted molar refractivity (Wildman–Crippen MR) is 86.7 cm³/mol. The summed E-state index contributed by atoms with van der Waals surface area (Å²) in [5, 5.41) is 2.17. The molecule has 0 fully saturated rings. The quantitative estimate of drug-likeness (QED) is 0.437. The molecule has 0 radical (unpaired) electrons. The molecule has 0 saturated heterocycles. The van der Waals surface area contributed by atoms with Gasteiger partial charge in [-0.05, 0) is 24.1 Å². The summed E-state index contributed by atoms with van der Waals surface area (Å²) in [7, 11) is 3.35. The molecule has 1 aromatic rings. The molecule has 0 aliphatic heterocycles. The summed E-state index contributed by atoms with van der Waals surface area (Å²) >= 11 is 0. The fourth-order valence-corrected chi connectivity index (χ4v) is 1.95. The van der Waals surface area contributed by atoms with Crippen molar-refractivity contribution in [1.82, 2.24) is 0 Å². The summed E-state index contributed by atoms with van der Waals surface area (Å²) in [4.78, 5) is 0. The van der Waals surface area contributed by atoms with Gasteiger partial charge in [0.1, 0.15) is 6.61 Å². The van der Waals surface area contributed by atoms with E-state index in [0.717, 1.165) is 43.2 Å². The van der Waals surface area contributed by atoms with E-state index in [4.69, 9.17) is 18.9 Å². The Morgan fingerprint density at radius 2 is 1.86 bits per heavy atom. The number of allylic oxidation sites excluding steroid dienone is 1. The van der Waals surface area contributed by atoms with Crippen LogP contribution >= 0.6 is 0 Å². The summed E-state index contributed by atoms with van der Waals surface area (Å²) in [6, 6.07) is 5.92. The molecule has 5 heteroatoms. The average molecular weight is 310 g/mol. The van der Waals surface area contributed by atoms with Gasteiger partial charge in [0, 0.05) is 7.11 Å². The lowest BCUT2D eigenvalue weighted by Gasteiger charge is -2.12. The first-order valence-electron chi connectivity index (χ1n) is 7.60. The monoisotopic (exact) mass is 310 g/mol. The number of benzene rings is 1. The fourth-order valence-electron chi connectivity index (χ4n) is 1.95. The molecule has 22 heavy (non-hydrogen) atoms. The number of quaternary nitrogens is 1. The molecular formula is C17H28NO4+. The van der Waals surface area contributed by atoms with Crippen molar-refractivity contribution in [3.05, 3.63) is 36.4 Å². The Hall–Kier alpha value is -1.56. The fraction of sp³-hybridized carbons (Fsp3) is 0.529. The molecule has 0 heterocycles. The van der Waals surface area contributed by atoms with Gasteiger partial charge in [0.15, 0.2) is 11.5 Å². The lowest BCUT2D eigenvalue weighted by atomic mass is 10.1. The lowest BCUT2D eigenvalue weighted by molar-refractivity contribution is -0.657. The third-order valence-corrected chi connectivity index (χ3v) is 3.09. The minimum atomic E-state index is 0.509. The maximum atomic E-state index is 5.70. The van der Waals surface area contributed by atoms with E-state index in [1.54, 1.807) is 14.2 Å². The maximum Gasteiger partial charge on any atom is 0.161 e. The zero-order valence-electron chi connectivity index (χ0n) is 13.7. The number of hydrogen-bond acceptors (Lipinski definition) is 4. The van der Waals surface area contributed by atoms with Gasteiger partial charge in [-0.2, -0.15) is 0 Å². The number of rotatable bonds is 13. The second-order valence-electron chi connectivity index (χ2n) is 4.80. The number of nitrogens with two attached hydrogens (primary N) is 1. The zero-order chi connectivity index (χ0) is 16.0. The summed E-state index contributed by atoms with van der Waals surface area (Å²) in [6.07, 6.45) is 2.69.